The third-order valence-electron chi connectivity index (χ3n) is 3.34. The second-order valence-electron chi connectivity index (χ2n) is 4.45. The normalized spacial score (nSPS) is 10.4. The summed E-state index contributed by atoms with van der Waals surface area (Å²) in [5.41, 5.74) is 16.3. The van der Waals surface area contributed by atoms with Gasteiger partial charge in [-0.3, -0.25) is 9.78 Å². The predicted octanol–water partition coefficient (Wildman–Crippen LogP) is 2.30. The van der Waals surface area contributed by atoms with Crippen LogP contribution in [0.5, 0.6) is 0 Å². The van der Waals surface area contributed by atoms with Crippen LogP contribution in [0.1, 0.15) is 28.4 Å². The monoisotopic (exact) mass is 255 g/mol. The van der Waals surface area contributed by atoms with Crippen molar-refractivity contribution in [3.63, 3.8) is 0 Å². The highest BCUT2D eigenvalue weighted by molar-refractivity contribution is 5.98. The molecule has 0 aliphatic heterocycles. The third kappa shape index (κ3) is 2.29. The summed E-state index contributed by atoms with van der Waals surface area (Å²) in [5, 5.41) is 0. The molecule has 0 saturated carbocycles. The number of aromatic nitrogens is 1. The maximum atomic E-state index is 11.5. The number of carbonyl (C=O) groups is 1. The SMILES string of the molecule is CCc1c(-c2cccnc2)cc(C(N)=O)c(C)c1N. The second kappa shape index (κ2) is 5.10. The van der Waals surface area contributed by atoms with Gasteiger partial charge in [0.05, 0.1) is 0 Å². The van der Waals surface area contributed by atoms with Gasteiger partial charge in [-0.2, -0.15) is 0 Å². The molecule has 1 aromatic carbocycles. The zero-order valence-electron chi connectivity index (χ0n) is 11.1. The van der Waals surface area contributed by atoms with Gasteiger partial charge in [-0.1, -0.05) is 13.0 Å². The summed E-state index contributed by atoms with van der Waals surface area (Å²) in [7, 11) is 0. The summed E-state index contributed by atoms with van der Waals surface area (Å²) in [6, 6.07) is 5.61. The molecule has 4 nitrogen and oxygen atoms in total. The van der Waals surface area contributed by atoms with E-state index in [1.54, 1.807) is 12.4 Å². The van der Waals surface area contributed by atoms with Gasteiger partial charge in [-0.05, 0) is 42.2 Å². The van der Waals surface area contributed by atoms with E-state index in [-0.39, 0.29) is 0 Å². The lowest BCUT2D eigenvalue weighted by atomic mass is 9.91. The average Bonchev–Trinajstić information content (AvgIpc) is 2.42. The van der Waals surface area contributed by atoms with Crippen molar-refractivity contribution in [2.75, 3.05) is 5.73 Å². The molecule has 2 aromatic rings. The number of rotatable bonds is 3. The molecule has 0 spiro atoms. The van der Waals surface area contributed by atoms with Gasteiger partial charge in [0.1, 0.15) is 0 Å². The highest BCUT2D eigenvalue weighted by Gasteiger charge is 2.16. The number of amides is 1. The van der Waals surface area contributed by atoms with E-state index in [0.717, 1.165) is 28.7 Å². The van der Waals surface area contributed by atoms with Crippen molar-refractivity contribution >= 4 is 11.6 Å². The fourth-order valence-electron chi connectivity index (χ4n) is 2.27. The first-order chi connectivity index (χ1) is 9.06. The van der Waals surface area contributed by atoms with Gasteiger partial charge < -0.3 is 11.5 Å². The number of nitrogens with two attached hydrogens (primary N) is 2. The lowest BCUT2D eigenvalue weighted by molar-refractivity contribution is 0.1000. The molecule has 0 aliphatic carbocycles. The molecule has 19 heavy (non-hydrogen) atoms. The van der Waals surface area contributed by atoms with E-state index in [1.165, 1.54) is 0 Å². The van der Waals surface area contributed by atoms with E-state index in [9.17, 15) is 4.79 Å². The van der Waals surface area contributed by atoms with Crippen LogP contribution in [0, 0.1) is 6.92 Å². The minimum atomic E-state index is -0.461. The van der Waals surface area contributed by atoms with Gasteiger partial charge >= 0.3 is 0 Å². The highest BCUT2D eigenvalue weighted by Crippen LogP contribution is 2.32. The molecule has 98 valence electrons. The quantitative estimate of drug-likeness (QED) is 0.825. The van der Waals surface area contributed by atoms with Crippen LogP contribution in [0.4, 0.5) is 5.69 Å². The number of anilines is 1. The molecule has 0 bridgehead atoms. The number of carbonyl (C=O) groups excluding carboxylic acids is 1. The number of nitrogens with zero attached hydrogens (tertiary/aromatic N) is 1. The molecule has 2 rings (SSSR count). The van der Waals surface area contributed by atoms with Gasteiger partial charge in [0.2, 0.25) is 5.91 Å². The molecule has 0 radical (unpaired) electrons. The summed E-state index contributed by atoms with van der Waals surface area (Å²) in [4.78, 5) is 15.6. The molecule has 0 atom stereocenters. The Balaban J connectivity index is 2.76. The molecule has 1 amide bonds. The van der Waals surface area contributed by atoms with Crippen LogP contribution >= 0.6 is 0 Å². The van der Waals surface area contributed by atoms with Gasteiger partial charge in [-0.15, -0.1) is 0 Å². The lowest BCUT2D eigenvalue weighted by Crippen LogP contribution is -2.15. The Morgan fingerprint density at radius 2 is 2.16 bits per heavy atom. The molecular formula is C15H17N3O. The fraction of sp³-hybridized carbons (Fsp3) is 0.200. The van der Waals surface area contributed by atoms with E-state index >= 15 is 0 Å². The summed E-state index contributed by atoms with van der Waals surface area (Å²) < 4.78 is 0. The Labute approximate surface area is 112 Å². The number of primary amides is 1. The topological polar surface area (TPSA) is 82.0 Å². The first kappa shape index (κ1) is 13.1. The molecule has 0 saturated heterocycles. The van der Waals surface area contributed by atoms with Gasteiger partial charge in [0.15, 0.2) is 0 Å². The van der Waals surface area contributed by atoms with E-state index in [4.69, 9.17) is 11.5 Å². The molecule has 0 aliphatic rings. The summed E-state index contributed by atoms with van der Waals surface area (Å²) in [5.74, 6) is -0.461. The van der Waals surface area contributed by atoms with Crippen molar-refractivity contribution in [3.05, 3.63) is 47.3 Å². The van der Waals surface area contributed by atoms with Crippen molar-refractivity contribution in [2.45, 2.75) is 20.3 Å². The van der Waals surface area contributed by atoms with Gasteiger partial charge in [-0.25, -0.2) is 0 Å². The van der Waals surface area contributed by atoms with E-state index < -0.39 is 5.91 Å². The second-order valence-corrected chi connectivity index (χ2v) is 4.45. The molecular weight excluding hydrogens is 238 g/mol. The van der Waals surface area contributed by atoms with E-state index in [2.05, 4.69) is 4.98 Å². The fourth-order valence-corrected chi connectivity index (χ4v) is 2.27. The number of hydrogen-bond acceptors (Lipinski definition) is 3. The van der Waals surface area contributed by atoms with Crippen LogP contribution < -0.4 is 11.5 Å². The summed E-state index contributed by atoms with van der Waals surface area (Å²) in [6.45, 7) is 3.86. The molecule has 4 heteroatoms. The largest absolute Gasteiger partial charge is 0.398 e. The minimum absolute atomic E-state index is 0.461. The maximum Gasteiger partial charge on any atom is 0.249 e. The number of pyridine rings is 1. The first-order valence-electron chi connectivity index (χ1n) is 6.18. The minimum Gasteiger partial charge on any atom is -0.398 e. The van der Waals surface area contributed by atoms with Crippen molar-refractivity contribution in [2.24, 2.45) is 5.73 Å². The van der Waals surface area contributed by atoms with Gasteiger partial charge in [0, 0.05) is 29.2 Å². The van der Waals surface area contributed by atoms with Crippen LogP contribution in [0.15, 0.2) is 30.6 Å². The molecule has 0 unspecified atom stereocenters. The van der Waals surface area contributed by atoms with Crippen LogP contribution in [-0.4, -0.2) is 10.9 Å². The van der Waals surface area contributed by atoms with Crippen LogP contribution in [-0.2, 0) is 6.42 Å². The number of nitrogen functional groups attached to an aromatic ring is 1. The number of benzene rings is 1. The third-order valence-corrected chi connectivity index (χ3v) is 3.34. The van der Waals surface area contributed by atoms with Crippen molar-refractivity contribution < 1.29 is 4.79 Å². The Kier molecular flexibility index (Phi) is 3.51. The van der Waals surface area contributed by atoms with Crippen molar-refractivity contribution in [1.82, 2.24) is 4.98 Å². The molecule has 0 fully saturated rings. The molecule has 1 aromatic heterocycles. The number of hydrogen-bond donors (Lipinski definition) is 2. The van der Waals surface area contributed by atoms with Crippen molar-refractivity contribution in [1.29, 1.82) is 0 Å². The Morgan fingerprint density at radius 3 is 2.68 bits per heavy atom. The Bertz CT molecular complexity index is 621. The Hall–Kier alpha value is -2.36. The highest BCUT2D eigenvalue weighted by atomic mass is 16.1. The first-order valence-corrected chi connectivity index (χ1v) is 6.18. The Morgan fingerprint density at radius 1 is 1.42 bits per heavy atom. The standard InChI is InChI=1S/C15H17N3O/c1-3-11-13(10-5-4-6-18-8-10)7-12(15(17)19)9(2)14(11)16/h4-8H,3,16H2,1-2H3,(H2,17,19). The van der Waals surface area contributed by atoms with Crippen LogP contribution in [0.3, 0.4) is 0 Å². The average molecular weight is 255 g/mol. The van der Waals surface area contributed by atoms with Crippen LogP contribution in [0.25, 0.3) is 11.1 Å². The molecule has 1 heterocycles. The summed E-state index contributed by atoms with van der Waals surface area (Å²) >= 11 is 0. The van der Waals surface area contributed by atoms with Crippen molar-refractivity contribution in [3.8, 4) is 11.1 Å². The zero-order valence-corrected chi connectivity index (χ0v) is 11.1. The predicted molar refractivity (Wildman–Crippen MR) is 76.7 cm³/mol. The van der Waals surface area contributed by atoms with E-state index in [0.29, 0.717) is 11.3 Å². The van der Waals surface area contributed by atoms with E-state index in [1.807, 2.05) is 32.0 Å². The smallest absolute Gasteiger partial charge is 0.249 e. The summed E-state index contributed by atoms with van der Waals surface area (Å²) in [6.07, 6.45) is 4.26. The lowest BCUT2D eigenvalue weighted by Gasteiger charge is -2.16. The van der Waals surface area contributed by atoms with Crippen LogP contribution in [0.2, 0.25) is 0 Å². The zero-order chi connectivity index (χ0) is 14.0. The molecule has 4 N–H and O–H groups in total. The maximum absolute atomic E-state index is 11.5. The van der Waals surface area contributed by atoms with Gasteiger partial charge in [0.25, 0.3) is 0 Å².